The third-order valence-electron chi connectivity index (χ3n) is 4.46. The first kappa shape index (κ1) is 14.7. The number of anilines is 1. The van der Waals surface area contributed by atoms with E-state index >= 15 is 0 Å². The van der Waals surface area contributed by atoms with E-state index in [4.69, 9.17) is 5.73 Å². The molecule has 6 nitrogen and oxygen atoms in total. The second-order valence-electron chi connectivity index (χ2n) is 5.93. The van der Waals surface area contributed by atoms with E-state index in [1.165, 1.54) is 11.5 Å². The van der Waals surface area contributed by atoms with Crippen LogP contribution in [0.4, 0.5) is 5.13 Å². The lowest BCUT2D eigenvalue weighted by Crippen LogP contribution is -2.50. The maximum Gasteiger partial charge on any atom is 0.225 e. The Morgan fingerprint density at radius 2 is 2.10 bits per heavy atom. The molecular weight excluding hydrogens is 286 g/mol. The number of hydrogen-bond acceptors (Lipinski definition) is 6. The molecule has 1 amide bonds. The summed E-state index contributed by atoms with van der Waals surface area (Å²) in [5.41, 5.74) is 5.91. The van der Waals surface area contributed by atoms with Gasteiger partial charge in [0.05, 0.1) is 0 Å². The number of carbonyl (C=O) groups is 1. The summed E-state index contributed by atoms with van der Waals surface area (Å²) in [5, 5.41) is 0.988. The van der Waals surface area contributed by atoms with Crippen LogP contribution in [-0.4, -0.2) is 52.4 Å². The summed E-state index contributed by atoms with van der Waals surface area (Å²) < 4.78 is 4.33. The van der Waals surface area contributed by atoms with Crippen LogP contribution in [-0.2, 0) is 11.2 Å². The van der Waals surface area contributed by atoms with E-state index in [1.807, 2.05) is 4.90 Å². The van der Waals surface area contributed by atoms with E-state index < -0.39 is 0 Å². The van der Waals surface area contributed by atoms with Crippen molar-refractivity contribution >= 4 is 22.6 Å². The normalized spacial score (nSPS) is 26.4. The predicted molar refractivity (Wildman–Crippen MR) is 83.4 cm³/mol. The molecule has 1 aromatic rings. The highest BCUT2D eigenvalue weighted by molar-refractivity contribution is 7.09. The van der Waals surface area contributed by atoms with Crippen LogP contribution in [0.25, 0.3) is 0 Å². The van der Waals surface area contributed by atoms with Gasteiger partial charge in [-0.15, -0.1) is 0 Å². The molecule has 2 fully saturated rings. The van der Waals surface area contributed by atoms with Gasteiger partial charge in [0.2, 0.25) is 11.0 Å². The number of hydrogen-bond donors (Lipinski definition) is 1. The Bertz CT molecular complexity index is 497. The van der Waals surface area contributed by atoms with Crippen LogP contribution < -0.4 is 10.6 Å². The zero-order chi connectivity index (χ0) is 14.8. The second kappa shape index (κ2) is 6.27. The summed E-state index contributed by atoms with van der Waals surface area (Å²) in [6, 6.07) is 0.217. The van der Waals surface area contributed by atoms with Gasteiger partial charge < -0.3 is 15.5 Å². The van der Waals surface area contributed by atoms with Gasteiger partial charge in [-0.1, -0.05) is 6.92 Å². The van der Waals surface area contributed by atoms with E-state index in [-0.39, 0.29) is 12.0 Å². The molecule has 1 saturated carbocycles. The monoisotopic (exact) mass is 309 g/mol. The molecule has 1 saturated heterocycles. The summed E-state index contributed by atoms with van der Waals surface area (Å²) in [4.78, 5) is 21.2. The molecule has 2 unspecified atom stereocenters. The van der Waals surface area contributed by atoms with E-state index in [0.717, 1.165) is 62.8 Å². The van der Waals surface area contributed by atoms with Crippen molar-refractivity contribution in [3.8, 4) is 0 Å². The number of carbonyl (C=O) groups excluding carboxylic acids is 1. The van der Waals surface area contributed by atoms with Crippen molar-refractivity contribution in [3.63, 3.8) is 0 Å². The SMILES string of the molecule is CCc1nsc(N2CCN(C(=O)C3CCC(N)C3)CC2)n1. The number of nitrogens with zero attached hydrogens (tertiary/aromatic N) is 4. The molecule has 2 heterocycles. The van der Waals surface area contributed by atoms with E-state index in [1.54, 1.807) is 0 Å². The highest BCUT2D eigenvalue weighted by Gasteiger charge is 2.32. The van der Waals surface area contributed by atoms with Gasteiger partial charge in [0.15, 0.2) is 0 Å². The Kier molecular flexibility index (Phi) is 4.40. The van der Waals surface area contributed by atoms with Crippen LogP contribution in [0.2, 0.25) is 0 Å². The second-order valence-corrected chi connectivity index (χ2v) is 6.66. The Labute approximate surface area is 129 Å². The molecule has 0 spiro atoms. The number of amides is 1. The Morgan fingerprint density at radius 3 is 2.67 bits per heavy atom. The first-order valence-electron chi connectivity index (χ1n) is 7.79. The average Bonchev–Trinajstić information content (AvgIpc) is 3.15. The number of aromatic nitrogens is 2. The van der Waals surface area contributed by atoms with E-state index in [0.29, 0.717) is 5.91 Å². The van der Waals surface area contributed by atoms with Crippen LogP contribution >= 0.6 is 11.5 Å². The molecular formula is C14H23N5OS. The number of aryl methyl sites for hydroxylation is 1. The minimum absolute atomic E-state index is 0.153. The van der Waals surface area contributed by atoms with Gasteiger partial charge in [-0.25, -0.2) is 4.98 Å². The fourth-order valence-corrected chi connectivity index (χ4v) is 3.94. The third kappa shape index (κ3) is 3.18. The van der Waals surface area contributed by atoms with Crippen molar-refractivity contribution in [1.82, 2.24) is 14.3 Å². The van der Waals surface area contributed by atoms with Crippen molar-refractivity contribution in [2.24, 2.45) is 11.7 Å². The Hall–Kier alpha value is -1.21. The molecule has 2 aliphatic rings. The molecule has 0 radical (unpaired) electrons. The lowest BCUT2D eigenvalue weighted by Gasteiger charge is -2.35. The largest absolute Gasteiger partial charge is 0.343 e. The number of rotatable bonds is 3. The van der Waals surface area contributed by atoms with Crippen LogP contribution in [0.15, 0.2) is 0 Å². The standard InChI is InChI=1S/C14H23N5OS/c1-2-12-16-14(21-17-12)19-7-5-18(6-8-19)13(20)10-3-4-11(15)9-10/h10-11H,2-9,15H2,1H3. The maximum atomic E-state index is 12.5. The minimum atomic E-state index is 0.153. The third-order valence-corrected chi connectivity index (χ3v) is 5.27. The summed E-state index contributed by atoms with van der Waals surface area (Å²) in [6.45, 7) is 5.33. The molecule has 2 atom stereocenters. The molecule has 1 aliphatic heterocycles. The fourth-order valence-electron chi connectivity index (χ4n) is 3.13. The summed E-state index contributed by atoms with van der Waals surface area (Å²) >= 11 is 1.46. The van der Waals surface area contributed by atoms with Crippen molar-refractivity contribution in [1.29, 1.82) is 0 Å². The molecule has 116 valence electrons. The zero-order valence-electron chi connectivity index (χ0n) is 12.5. The zero-order valence-corrected chi connectivity index (χ0v) is 13.3. The van der Waals surface area contributed by atoms with Crippen LogP contribution in [0.1, 0.15) is 32.0 Å². The molecule has 7 heteroatoms. The molecule has 21 heavy (non-hydrogen) atoms. The van der Waals surface area contributed by atoms with Crippen molar-refractivity contribution in [2.45, 2.75) is 38.6 Å². The highest BCUT2D eigenvalue weighted by atomic mass is 32.1. The van der Waals surface area contributed by atoms with Crippen molar-refractivity contribution < 1.29 is 4.79 Å². The lowest BCUT2D eigenvalue weighted by atomic mass is 10.1. The van der Waals surface area contributed by atoms with Gasteiger partial charge in [-0.3, -0.25) is 4.79 Å². The molecule has 0 aromatic carbocycles. The smallest absolute Gasteiger partial charge is 0.225 e. The van der Waals surface area contributed by atoms with Gasteiger partial charge in [-0.2, -0.15) is 4.37 Å². The van der Waals surface area contributed by atoms with Gasteiger partial charge in [-0.05, 0) is 19.3 Å². The minimum Gasteiger partial charge on any atom is -0.343 e. The fraction of sp³-hybridized carbons (Fsp3) is 0.786. The lowest BCUT2D eigenvalue weighted by molar-refractivity contribution is -0.135. The van der Waals surface area contributed by atoms with Gasteiger partial charge in [0, 0.05) is 56.1 Å². The van der Waals surface area contributed by atoms with E-state index in [9.17, 15) is 4.79 Å². The molecule has 1 aromatic heterocycles. The van der Waals surface area contributed by atoms with Crippen molar-refractivity contribution in [2.75, 3.05) is 31.1 Å². The highest BCUT2D eigenvalue weighted by Crippen LogP contribution is 2.27. The van der Waals surface area contributed by atoms with Gasteiger partial charge in [0.1, 0.15) is 5.82 Å². The number of nitrogens with two attached hydrogens (primary N) is 1. The van der Waals surface area contributed by atoms with Gasteiger partial charge >= 0.3 is 0 Å². The Balaban J connectivity index is 1.54. The molecule has 3 rings (SSSR count). The maximum absolute atomic E-state index is 12.5. The average molecular weight is 309 g/mol. The summed E-state index contributed by atoms with van der Waals surface area (Å²) in [7, 11) is 0. The predicted octanol–water partition coefficient (Wildman–Crippen LogP) is 0.877. The molecule has 0 bridgehead atoms. The van der Waals surface area contributed by atoms with E-state index in [2.05, 4.69) is 21.2 Å². The molecule has 2 N–H and O–H groups in total. The summed E-state index contributed by atoms with van der Waals surface area (Å²) in [6.07, 6.45) is 3.67. The first-order valence-corrected chi connectivity index (χ1v) is 8.56. The summed E-state index contributed by atoms with van der Waals surface area (Å²) in [5.74, 6) is 1.36. The number of piperazine rings is 1. The van der Waals surface area contributed by atoms with Crippen LogP contribution in [0, 0.1) is 5.92 Å². The Morgan fingerprint density at radius 1 is 1.33 bits per heavy atom. The van der Waals surface area contributed by atoms with Crippen LogP contribution in [0.3, 0.4) is 0 Å². The van der Waals surface area contributed by atoms with Gasteiger partial charge in [0.25, 0.3) is 0 Å². The topological polar surface area (TPSA) is 75.4 Å². The molecule has 1 aliphatic carbocycles. The van der Waals surface area contributed by atoms with Crippen LogP contribution in [0.5, 0.6) is 0 Å². The quantitative estimate of drug-likeness (QED) is 0.897. The van der Waals surface area contributed by atoms with Crippen molar-refractivity contribution in [3.05, 3.63) is 5.82 Å². The first-order chi connectivity index (χ1) is 10.2.